The Morgan fingerprint density at radius 2 is 1.86 bits per heavy atom. The number of ketones is 1. The second-order valence-electron chi connectivity index (χ2n) is 4.38. The third-order valence-corrected chi connectivity index (χ3v) is 2.86. The molecule has 1 unspecified atom stereocenters. The number of hydrogen-bond donors (Lipinski definition) is 0. The van der Waals surface area contributed by atoms with Crippen molar-refractivity contribution in [2.45, 2.75) is 13.0 Å². The van der Waals surface area contributed by atoms with Gasteiger partial charge in [0.2, 0.25) is 5.78 Å². The summed E-state index contributed by atoms with van der Waals surface area (Å²) in [6.45, 7) is 1.48. The van der Waals surface area contributed by atoms with Crippen molar-refractivity contribution in [1.29, 1.82) is 5.26 Å². The molecule has 0 aliphatic rings. The van der Waals surface area contributed by atoms with E-state index in [1.165, 1.54) is 6.92 Å². The zero-order chi connectivity index (χ0) is 15.4. The summed E-state index contributed by atoms with van der Waals surface area (Å²) in [5, 5.41) is 8.68. The Balaban J connectivity index is 2.13. The smallest absolute Gasteiger partial charge is 0.205 e. The normalized spacial score (nSPS) is 11.5. The van der Waals surface area contributed by atoms with E-state index in [1.807, 2.05) is 6.07 Å². The van der Waals surface area contributed by atoms with Gasteiger partial charge in [0.1, 0.15) is 17.4 Å². The molecule has 2 aromatic carbocycles. The summed E-state index contributed by atoms with van der Waals surface area (Å²) in [4.78, 5) is 12.1. The highest BCUT2D eigenvalue weighted by Crippen LogP contribution is 2.17. The minimum absolute atomic E-state index is 0.224. The maximum atomic E-state index is 13.5. The van der Waals surface area contributed by atoms with Gasteiger partial charge in [0, 0.05) is 6.07 Å². The van der Waals surface area contributed by atoms with Crippen LogP contribution in [0.1, 0.15) is 22.8 Å². The SMILES string of the molecule is CC(Oc1ccc(C#N)cc1)C(=O)c1ccc(F)cc1F. The minimum atomic E-state index is -0.933. The summed E-state index contributed by atoms with van der Waals surface area (Å²) in [7, 11) is 0. The fourth-order valence-electron chi connectivity index (χ4n) is 1.77. The average molecular weight is 287 g/mol. The average Bonchev–Trinajstić information content (AvgIpc) is 2.47. The van der Waals surface area contributed by atoms with E-state index in [4.69, 9.17) is 10.00 Å². The molecule has 1 atom stereocenters. The topological polar surface area (TPSA) is 50.1 Å². The maximum absolute atomic E-state index is 13.5. The van der Waals surface area contributed by atoms with Crippen molar-refractivity contribution in [3.8, 4) is 11.8 Å². The number of carbonyl (C=O) groups excluding carboxylic acids is 1. The largest absolute Gasteiger partial charge is 0.483 e. The van der Waals surface area contributed by atoms with Crippen LogP contribution in [0, 0.1) is 23.0 Å². The molecule has 0 aromatic heterocycles. The molecule has 2 rings (SSSR count). The lowest BCUT2D eigenvalue weighted by Gasteiger charge is -2.14. The highest BCUT2D eigenvalue weighted by molar-refractivity contribution is 5.99. The Morgan fingerprint density at radius 1 is 1.19 bits per heavy atom. The van der Waals surface area contributed by atoms with E-state index in [9.17, 15) is 13.6 Å². The summed E-state index contributed by atoms with van der Waals surface area (Å²) >= 11 is 0. The molecule has 2 aromatic rings. The third kappa shape index (κ3) is 3.42. The van der Waals surface area contributed by atoms with Crippen molar-refractivity contribution < 1.29 is 18.3 Å². The van der Waals surface area contributed by atoms with Gasteiger partial charge in [0.15, 0.2) is 6.10 Å². The molecular formula is C16H11F2NO2. The Kier molecular flexibility index (Phi) is 4.29. The lowest BCUT2D eigenvalue weighted by Crippen LogP contribution is -2.24. The molecule has 0 bridgehead atoms. The van der Waals surface area contributed by atoms with Crippen LogP contribution < -0.4 is 4.74 Å². The fraction of sp³-hybridized carbons (Fsp3) is 0.125. The first-order valence-electron chi connectivity index (χ1n) is 6.17. The number of nitrogens with zero attached hydrogens (tertiary/aromatic N) is 1. The second-order valence-corrected chi connectivity index (χ2v) is 4.38. The zero-order valence-corrected chi connectivity index (χ0v) is 11.1. The number of nitriles is 1. The fourth-order valence-corrected chi connectivity index (χ4v) is 1.77. The van der Waals surface area contributed by atoms with Crippen molar-refractivity contribution in [2.75, 3.05) is 0 Å². The van der Waals surface area contributed by atoms with Crippen molar-refractivity contribution in [1.82, 2.24) is 0 Å². The van der Waals surface area contributed by atoms with Crippen molar-refractivity contribution >= 4 is 5.78 Å². The maximum Gasteiger partial charge on any atom is 0.205 e. The predicted molar refractivity (Wildman–Crippen MR) is 71.9 cm³/mol. The summed E-state index contributed by atoms with van der Waals surface area (Å²) in [6.07, 6.45) is -0.933. The molecule has 0 aliphatic heterocycles. The molecule has 0 amide bonds. The van der Waals surface area contributed by atoms with Crippen molar-refractivity contribution in [3.63, 3.8) is 0 Å². The van der Waals surface area contributed by atoms with E-state index in [0.717, 1.165) is 12.1 Å². The molecule has 0 N–H and O–H groups in total. The van der Waals surface area contributed by atoms with Crippen LogP contribution in [0.15, 0.2) is 42.5 Å². The second kappa shape index (κ2) is 6.14. The molecule has 0 aliphatic carbocycles. The number of ether oxygens (including phenoxy) is 1. The number of rotatable bonds is 4. The summed E-state index contributed by atoms with van der Waals surface area (Å²) in [6, 6.07) is 10.9. The Morgan fingerprint density at radius 3 is 2.43 bits per heavy atom. The van der Waals surface area contributed by atoms with Crippen LogP contribution in [0.3, 0.4) is 0 Å². The van der Waals surface area contributed by atoms with E-state index in [-0.39, 0.29) is 5.56 Å². The third-order valence-electron chi connectivity index (χ3n) is 2.86. The van der Waals surface area contributed by atoms with E-state index >= 15 is 0 Å². The molecule has 0 spiro atoms. The van der Waals surface area contributed by atoms with Crippen molar-refractivity contribution in [3.05, 3.63) is 65.2 Å². The first kappa shape index (κ1) is 14.7. The van der Waals surface area contributed by atoms with Gasteiger partial charge in [-0.05, 0) is 43.3 Å². The van der Waals surface area contributed by atoms with Gasteiger partial charge in [-0.25, -0.2) is 8.78 Å². The summed E-state index contributed by atoms with van der Waals surface area (Å²) in [5.74, 6) is -1.87. The first-order chi connectivity index (χ1) is 10.0. The molecule has 0 saturated heterocycles. The van der Waals surface area contributed by atoms with Crippen LogP contribution in [-0.2, 0) is 0 Å². The van der Waals surface area contributed by atoms with Gasteiger partial charge in [-0.2, -0.15) is 5.26 Å². The molecule has 0 saturated carbocycles. The highest BCUT2D eigenvalue weighted by atomic mass is 19.1. The molecule has 21 heavy (non-hydrogen) atoms. The lowest BCUT2D eigenvalue weighted by molar-refractivity contribution is 0.0813. The van der Waals surface area contributed by atoms with E-state index in [2.05, 4.69) is 0 Å². The monoisotopic (exact) mass is 287 g/mol. The number of hydrogen-bond acceptors (Lipinski definition) is 3. The number of benzene rings is 2. The van der Waals surface area contributed by atoms with Crippen LogP contribution in [0.4, 0.5) is 8.78 Å². The summed E-state index contributed by atoms with van der Waals surface area (Å²) < 4.78 is 31.8. The van der Waals surface area contributed by atoms with Gasteiger partial charge in [-0.3, -0.25) is 4.79 Å². The predicted octanol–water partition coefficient (Wildman–Crippen LogP) is 3.49. The van der Waals surface area contributed by atoms with Gasteiger partial charge < -0.3 is 4.74 Å². The molecule has 0 radical (unpaired) electrons. The van der Waals surface area contributed by atoms with Crippen LogP contribution in [0.5, 0.6) is 5.75 Å². The van der Waals surface area contributed by atoms with Gasteiger partial charge in [-0.15, -0.1) is 0 Å². The van der Waals surface area contributed by atoms with E-state index in [1.54, 1.807) is 24.3 Å². The molecule has 106 valence electrons. The van der Waals surface area contributed by atoms with Crippen LogP contribution in [0.2, 0.25) is 0 Å². The molecule has 3 nitrogen and oxygen atoms in total. The molecule has 0 heterocycles. The Labute approximate surface area is 120 Å². The highest BCUT2D eigenvalue weighted by Gasteiger charge is 2.20. The van der Waals surface area contributed by atoms with Gasteiger partial charge in [-0.1, -0.05) is 0 Å². The van der Waals surface area contributed by atoms with Crippen LogP contribution in [-0.4, -0.2) is 11.9 Å². The number of carbonyl (C=O) groups is 1. The molecular weight excluding hydrogens is 276 g/mol. The van der Waals surface area contributed by atoms with Crippen molar-refractivity contribution in [2.24, 2.45) is 0 Å². The standard InChI is InChI=1S/C16H11F2NO2/c1-10(21-13-5-2-11(9-19)3-6-13)16(20)14-7-4-12(17)8-15(14)18/h2-8,10H,1H3. The Bertz CT molecular complexity index is 705. The van der Waals surface area contributed by atoms with Crippen LogP contribution in [0.25, 0.3) is 0 Å². The molecule has 5 heteroatoms. The lowest BCUT2D eigenvalue weighted by atomic mass is 10.1. The Hall–Kier alpha value is -2.74. The molecule has 0 fully saturated rings. The number of halogens is 2. The minimum Gasteiger partial charge on any atom is -0.483 e. The zero-order valence-electron chi connectivity index (χ0n) is 11.1. The van der Waals surface area contributed by atoms with E-state index in [0.29, 0.717) is 17.4 Å². The first-order valence-corrected chi connectivity index (χ1v) is 6.17. The van der Waals surface area contributed by atoms with Crippen LogP contribution >= 0.6 is 0 Å². The number of Topliss-reactive ketones (excluding diaryl/α,β-unsaturated/α-hetero) is 1. The quantitative estimate of drug-likeness (QED) is 0.809. The summed E-state index contributed by atoms with van der Waals surface area (Å²) in [5.41, 5.74) is 0.239. The van der Waals surface area contributed by atoms with Gasteiger partial charge in [0.05, 0.1) is 17.2 Å². The van der Waals surface area contributed by atoms with E-state index < -0.39 is 23.5 Å². The van der Waals surface area contributed by atoms with Gasteiger partial charge in [0.25, 0.3) is 0 Å². The van der Waals surface area contributed by atoms with Gasteiger partial charge >= 0.3 is 0 Å².